The molecule has 0 aliphatic heterocycles. The summed E-state index contributed by atoms with van der Waals surface area (Å²) in [5, 5.41) is 0.905. The third-order valence-electron chi connectivity index (χ3n) is 5.09. The number of hydrogen-bond donors (Lipinski definition) is 0. The summed E-state index contributed by atoms with van der Waals surface area (Å²) in [5.74, 6) is 6.90. The molecule has 2 aromatic carbocycles. The van der Waals surface area contributed by atoms with E-state index < -0.39 is 0 Å². The molecule has 0 radical (unpaired) electrons. The van der Waals surface area contributed by atoms with Gasteiger partial charge in [0.1, 0.15) is 0 Å². The molecule has 1 saturated carbocycles. The van der Waals surface area contributed by atoms with E-state index in [4.69, 9.17) is 37.4 Å². The van der Waals surface area contributed by atoms with Crippen molar-refractivity contribution in [2.75, 3.05) is 14.2 Å². The first-order valence-electron chi connectivity index (χ1n) is 9.88. The monoisotopic (exact) mass is 446 g/mol. The zero-order valence-electron chi connectivity index (χ0n) is 17.0. The maximum atomic E-state index is 12.0. The summed E-state index contributed by atoms with van der Waals surface area (Å²) in [5.41, 5.74) is 1.58. The Balaban J connectivity index is 1.91. The summed E-state index contributed by atoms with van der Waals surface area (Å²) in [6.07, 6.45) is 4.74. The van der Waals surface area contributed by atoms with E-state index in [1.54, 1.807) is 25.3 Å². The quantitative estimate of drug-likeness (QED) is 0.401. The van der Waals surface area contributed by atoms with Gasteiger partial charge in [0, 0.05) is 5.56 Å². The minimum atomic E-state index is -0.372. The number of benzene rings is 2. The van der Waals surface area contributed by atoms with Gasteiger partial charge >= 0.3 is 5.97 Å². The number of methoxy groups -OCH3 is 2. The smallest absolute Gasteiger partial charge is 0.307 e. The van der Waals surface area contributed by atoms with Crippen molar-refractivity contribution >= 4 is 29.2 Å². The highest BCUT2D eigenvalue weighted by Gasteiger charge is 2.21. The van der Waals surface area contributed by atoms with Crippen LogP contribution < -0.4 is 9.47 Å². The fourth-order valence-corrected chi connectivity index (χ4v) is 3.73. The van der Waals surface area contributed by atoms with Crippen molar-refractivity contribution in [3.8, 4) is 23.3 Å². The van der Waals surface area contributed by atoms with Crippen LogP contribution >= 0.6 is 23.2 Å². The lowest BCUT2D eigenvalue weighted by atomic mass is 9.95. The Bertz CT molecular complexity index is 955. The summed E-state index contributed by atoms with van der Waals surface area (Å²) in [7, 11) is 2.99. The van der Waals surface area contributed by atoms with Crippen LogP contribution in [0.5, 0.6) is 11.5 Å². The van der Waals surface area contributed by atoms with Gasteiger partial charge in [-0.05, 0) is 61.6 Å². The van der Waals surface area contributed by atoms with Crippen molar-refractivity contribution in [1.82, 2.24) is 0 Å². The Hall–Kier alpha value is -2.35. The summed E-state index contributed by atoms with van der Waals surface area (Å²) in [4.78, 5) is 12.0. The molecule has 1 unspecified atom stereocenters. The predicted octanol–water partition coefficient (Wildman–Crippen LogP) is 6.02. The highest BCUT2D eigenvalue weighted by molar-refractivity contribution is 6.42. The van der Waals surface area contributed by atoms with E-state index in [-0.39, 0.29) is 24.4 Å². The number of carbonyl (C=O) groups is 1. The minimum Gasteiger partial charge on any atom is -0.493 e. The molecule has 0 aromatic heterocycles. The zero-order valence-corrected chi connectivity index (χ0v) is 18.6. The number of esters is 1. The number of carbonyl (C=O) groups excluding carboxylic acids is 1. The van der Waals surface area contributed by atoms with Crippen LogP contribution in [0, 0.1) is 11.8 Å². The standard InChI is InChI=1S/C24H24Cl2O4/c1-28-22-12-10-17(14-23(22)30-19-5-3-4-6-19)18(15-24(27)29-2)9-7-16-8-11-20(25)21(26)13-16/h8,10-14,18-19H,3-6,15H2,1-2H3. The molecule has 0 amide bonds. The van der Waals surface area contributed by atoms with Gasteiger partial charge in [0.15, 0.2) is 11.5 Å². The second-order valence-corrected chi connectivity index (χ2v) is 7.98. The summed E-state index contributed by atoms with van der Waals surface area (Å²) < 4.78 is 16.5. The minimum absolute atomic E-state index is 0.125. The Labute approximate surface area is 187 Å². The van der Waals surface area contributed by atoms with Crippen molar-refractivity contribution in [3.63, 3.8) is 0 Å². The lowest BCUT2D eigenvalue weighted by Crippen LogP contribution is -2.12. The van der Waals surface area contributed by atoms with Gasteiger partial charge in [0.2, 0.25) is 0 Å². The molecule has 1 atom stereocenters. The Morgan fingerprint density at radius 3 is 2.50 bits per heavy atom. The maximum absolute atomic E-state index is 12.0. The summed E-state index contributed by atoms with van der Waals surface area (Å²) in [6.45, 7) is 0. The molecule has 2 aromatic rings. The van der Waals surface area contributed by atoms with Crippen LogP contribution in [0.2, 0.25) is 10.0 Å². The molecule has 30 heavy (non-hydrogen) atoms. The third kappa shape index (κ3) is 5.84. The molecule has 3 rings (SSSR count). The van der Waals surface area contributed by atoms with Crippen molar-refractivity contribution in [2.45, 2.75) is 44.1 Å². The van der Waals surface area contributed by atoms with E-state index >= 15 is 0 Å². The van der Waals surface area contributed by atoms with Crippen LogP contribution in [0.15, 0.2) is 36.4 Å². The van der Waals surface area contributed by atoms with Gasteiger partial charge in [-0.1, -0.05) is 41.1 Å². The third-order valence-corrected chi connectivity index (χ3v) is 5.83. The normalized spacial score (nSPS) is 14.5. The van der Waals surface area contributed by atoms with Gasteiger partial charge in [-0.3, -0.25) is 4.79 Å². The predicted molar refractivity (Wildman–Crippen MR) is 119 cm³/mol. The topological polar surface area (TPSA) is 44.8 Å². The first kappa shape index (κ1) is 22.3. The molecule has 0 saturated heterocycles. The molecule has 0 heterocycles. The molecule has 1 fully saturated rings. The SMILES string of the molecule is COC(=O)CC(C#Cc1ccc(Cl)c(Cl)c1)c1ccc(OC)c(OC2CCCC2)c1. The van der Waals surface area contributed by atoms with Crippen LogP contribution in [0.4, 0.5) is 0 Å². The van der Waals surface area contributed by atoms with Crippen molar-refractivity contribution in [2.24, 2.45) is 0 Å². The lowest BCUT2D eigenvalue weighted by molar-refractivity contribution is -0.140. The van der Waals surface area contributed by atoms with Gasteiger partial charge in [-0.25, -0.2) is 0 Å². The number of rotatable bonds is 6. The molecule has 1 aliphatic carbocycles. The molecule has 1 aliphatic rings. The maximum Gasteiger partial charge on any atom is 0.307 e. The van der Waals surface area contributed by atoms with Crippen LogP contribution in [-0.2, 0) is 9.53 Å². The van der Waals surface area contributed by atoms with E-state index in [1.807, 2.05) is 18.2 Å². The molecule has 0 bridgehead atoms. The molecular formula is C24H24Cl2O4. The summed E-state index contributed by atoms with van der Waals surface area (Å²) in [6, 6.07) is 10.9. The van der Waals surface area contributed by atoms with Gasteiger partial charge in [0.05, 0.1) is 42.7 Å². The molecule has 6 heteroatoms. The van der Waals surface area contributed by atoms with Crippen molar-refractivity contribution in [1.29, 1.82) is 0 Å². The average molecular weight is 447 g/mol. The first-order valence-corrected chi connectivity index (χ1v) is 10.6. The van der Waals surface area contributed by atoms with E-state index in [0.717, 1.165) is 24.0 Å². The van der Waals surface area contributed by atoms with E-state index in [9.17, 15) is 4.79 Å². The lowest BCUT2D eigenvalue weighted by Gasteiger charge is -2.18. The first-order chi connectivity index (χ1) is 14.5. The highest BCUT2D eigenvalue weighted by Crippen LogP contribution is 2.35. The fraction of sp³-hybridized carbons (Fsp3) is 0.375. The van der Waals surface area contributed by atoms with E-state index in [2.05, 4.69) is 11.8 Å². The Morgan fingerprint density at radius 1 is 1.07 bits per heavy atom. The molecule has 0 spiro atoms. The molecule has 0 N–H and O–H groups in total. The fourth-order valence-electron chi connectivity index (χ4n) is 3.43. The highest BCUT2D eigenvalue weighted by atomic mass is 35.5. The largest absolute Gasteiger partial charge is 0.493 e. The zero-order chi connectivity index (χ0) is 21.5. The van der Waals surface area contributed by atoms with Crippen LogP contribution in [0.3, 0.4) is 0 Å². The van der Waals surface area contributed by atoms with Gasteiger partial charge in [-0.15, -0.1) is 0 Å². The van der Waals surface area contributed by atoms with E-state index in [1.165, 1.54) is 20.0 Å². The van der Waals surface area contributed by atoms with Crippen LogP contribution in [-0.4, -0.2) is 26.3 Å². The molecule has 4 nitrogen and oxygen atoms in total. The number of ether oxygens (including phenoxy) is 3. The van der Waals surface area contributed by atoms with E-state index in [0.29, 0.717) is 21.5 Å². The van der Waals surface area contributed by atoms with Gasteiger partial charge < -0.3 is 14.2 Å². The average Bonchev–Trinajstić information content (AvgIpc) is 3.26. The molecule has 158 valence electrons. The number of halogens is 2. The summed E-state index contributed by atoms with van der Waals surface area (Å²) >= 11 is 12.1. The number of hydrogen-bond acceptors (Lipinski definition) is 4. The van der Waals surface area contributed by atoms with Crippen molar-refractivity contribution in [3.05, 3.63) is 57.6 Å². The van der Waals surface area contributed by atoms with Crippen molar-refractivity contribution < 1.29 is 19.0 Å². The van der Waals surface area contributed by atoms with Gasteiger partial charge in [0.25, 0.3) is 0 Å². The van der Waals surface area contributed by atoms with Gasteiger partial charge in [-0.2, -0.15) is 0 Å². The Morgan fingerprint density at radius 2 is 1.83 bits per heavy atom. The second-order valence-electron chi connectivity index (χ2n) is 7.17. The Kier molecular flexibility index (Phi) is 7.90. The van der Waals surface area contributed by atoms with Crippen LogP contribution in [0.1, 0.15) is 49.1 Å². The second kappa shape index (κ2) is 10.6. The van der Waals surface area contributed by atoms with Crippen LogP contribution in [0.25, 0.3) is 0 Å². The molecular weight excluding hydrogens is 423 g/mol.